The van der Waals surface area contributed by atoms with Crippen LogP contribution < -0.4 is 15.7 Å². The van der Waals surface area contributed by atoms with Crippen LogP contribution in [0, 0.1) is 11.3 Å². The van der Waals surface area contributed by atoms with Crippen LogP contribution in [0.15, 0.2) is 53.5 Å². The van der Waals surface area contributed by atoms with E-state index in [9.17, 15) is 9.59 Å². The van der Waals surface area contributed by atoms with Crippen molar-refractivity contribution >= 4 is 11.6 Å². The number of carbonyl (C=O) groups is 1. The summed E-state index contributed by atoms with van der Waals surface area (Å²) in [5.41, 5.74) is 1.30. The predicted octanol–water partition coefficient (Wildman–Crippen LogP) is 1.15. The lowest BCUT2D eigenvalue weighted by Gasteiger charge is -2.07. The molecule has 0 bridgehead atoms. The Labute approximate surface area is 155 Å². The van der Waals surface area contributed by atoms with Gasteiger partial charge in [-0.1, -0.05) is 18.2 Å². The smallest absolute Gasteiger partial charge is 0.350 e. The Morgan fingerprint density at radius 3 is 2.78 bits per heavy atom. The van der Waals surface area contributed by atoms with E-state index in [1.807, 2.05) is 6.07 Å². The average Bonchev–Trinajstić information content (AvgIpc) is 3.01. The first kappa shape index (κ1) is 18.2. The molecule has 0 radical (unpaired) electrons. The summed E-state index contributed by atoms with van der Waals surface area (Å²) < 4.78 is 8.28. The first-order valence-electron chi connectivity index (χ1n) is 8.57. The molecular formula is C19H19N5O3. The number of rotatable bonds is 8. The van der Waals surface area contributed by atoms with E-state index in [0.717, 1.165) is 5.56 Å². The van der Waals surface area contributed by atoms with E-state index in [2.05, 4.69) is 16.5 Å². The summed E-state index contributed by atoms with van der Waals surface area (Å²) in [6.45, 7) is 0.748. The van der Waals surface area contributed by atoms with E-state index >= 15 is 0 Å². The highest BCUT2D eigenvalue weighted by atomic mass is 16.5. The average molecular weight is 365 g/mol. The molecule has 0 aliphatic rings. The number of nitrogens with one attached hydrogen (secondary N) is 1. The van der Waals surface area contributed by atoms with Crippen molar-refractivity contribution in [1.82, 2.24) is 19.5 Å². The molecule has 0 aliphatic carbocycles. The minimum absolute atomic E-state index is 0.0914. The van der Waals surface area contributed by atoms with Crippen molar-refractivity contribution < 1.29 is 9.53 Å². The summed E-state index contributed by atoms with van der Waals surface area (Å²) in [5, 5.41) is 15.6. The van der Waals surface area contributed by atoms with Gasteiger partial charge in [0.15, 0.2) is 12.3 Å². The van der Waals surface area contributed by atoms with Crippen molar-refractivity contribution in [1.29, 1.82) is 5.26 Å². The lowest BCUT2D eigenvalue weighted by Crippen LogP contribution is -2.31. The van der Waals surface area contributed by atoms with Gasteiger partial charge in [0.1, 0.15) is 5.75 Å². The van der Waals surface area contributed by atoms with Crippen LogP contribution in [0.4, 0.5) is 0 Å². The number of amides is 1. The van der Waals surface area contributed by atoms with Crippen LogP contribution in [-0.4, -0.2) is 33.2 Å². The van der Waals surface area contributed by atoms with Crippen molar-refractivity contribution in [3.05, 3.63) is 64.7 Å². The monoisotopic (exact) mass is 365 g/mol. The number of aryl methyl sites for hydroxylation is 1. The highest BCUT2D eigenvalue weighted by molar-refractivity contribution is 5.77. The Morgan fingerprint density at radius 2 is 2.04 bits per heavy atom. The van der Waals surface area contributed by atoms with Gasteiger partial charge < -0.3 is 10.1 Å². The topological polar surface area (TPSA) is 101 Å². The van der Waals surface area contributed by atoms with E-state index in [-0.39, 0.29) is 18.2 Å². The van der Waals surface area contributed by atoms with Crippen LogP contribution in [0.25, 0.3) is 5.65 Å². The molecule has 8 heteroatoms. The largest absolute Gasteiger partial charge is 0.484 e. The molecule has 1 amide bonds. The van der Waals surface area contributed by atoms with Gasteiger partial charge in [-0.3, -0.25) is 9.20 Å². The highest BCUT2D eigenvalue weighted by Gasteiger charge is 2.06. The third-order valence-corrected chi connectivity index (χ3v) is 3.93. The third-order valence-electron chi connectivity index (χ3n) is 3.93. The van der Waals surface area contributed by atoms with Crippen molar-refractivity contribution in [2.75, 3.05) is 13.2 Å². The Hall–Kier alpha value is -3.60. The zero-order valence-corrected chi connectivity index (χ0v) is 14.7. The number of aromatic nitrogens is 3. The van der Waals surface area contributed by atoms with E-state index in [1.54, 1.807) is 42.6 Å². The van der Waals surface area contributed by atoms with Crippen LogP contribution >= 0.6 is 0 Å². The van der Waals surface area contributed by atoms with Crippen molar-refractivity contribution in [3.8, 4) is 11.8 Å². The molecule has 1 aromatic carbocycles. The Kier molecular flexibility index (Phi) is 5.84. The fraction of sp³-hybridized carbons (Fsp3) is 0.263. The maximum Gasteiger partial charge on any atom is 0.350 e. The summed E-state index contributed by atoms with van der Waals surface area (Å²) in [7, 11) is 0. The van der Waals surface area contributed by atoms with Crippen LogP contribution in [0.5, 0.6) is 5.75 Å². The number of hydrogen-bond acceptors (Lipinski definition) is 5. The van der Waals surface area contributed by atoms with Gasteiger partial charge in [0.2, 0.25) is 0 Å². The molecule has 1 N–H and O–H groups in total. The summed E-state index contributed by atoms with van der Waals surface area (Å²) in [6.07, 6.45) is 2.60. The van der Waals surface area contributed by atoms with Gasteiger partial charge in [-0.15, -0.1) is 5.10 Å². The number of nitrogens with zero attached hydrogens (tertiary/aromatic N) is 4. The molecule has 0 fully saturated rings. The fourth-order valence-electron chi connectivity index (χ4n) is 2.57. The molecule has 3 rings (SSSR count). The van der Waals surface area contributed by atoms with Crippen molar-refractivity contribution in [2.24, 2.45) is 0 Å². The number of carbonyl (C=O) groups excluding carboxylic acids is 1. The van der Waals surface area contributed by atoms with Crippen LogP contribution in [0.1, 0.15) is 12.0 Å². The second-order valence-electron chi connectivity index (χ2n) is 5.91. The van der Waals surface area contributed by atoms with E-state index < -0.39 is 0 Å². The second kappa shape index (κ2) is 8.67. The Bertz CT molecular complexity index is 1010. The summed E-state index contributed by atoms with van der Waals surface area (Å²) >= 11 is 0. The van der Waals surface area contributed by atoms with E-state index in [1.165, 1.54) is 9.08 Å². The van der Waals surface area contributed by atoms with Gasteiger partial charge in [0.05, 0.1) is 12.5 Å². The number of ether oxygens (including phenoxy) is 1. The third kappa shape index (κ3) is 4.73. The molecule has 27 heavy (non-hydrogen) atoms. The standard InChI is InChI=1S/C19H19N5O3/c20-10-9-15-5-7-16(8-6-15)27-14-18(25)21-11-3-13-24-19(26)23-12-2-1-4-17(23)22-24/h1-2,4-8,12H,3,9,11,13-14H2,(H,21,25). The summed E-state index contributed by atoms with van der Waals surface area (Å²) in [5.74, 6) is 0.335. The Morgan fingerprint density at radius 1 is 1.22 bits per heavy atom. The highest BCUT2D eigenvalue weighted by Crippen LogP contribution is 2.12. The van der Waals surface area contributed by atoms with Crippen LogP contribution in [0.2, 0.25) is 0 Å². The minimum Gasteiger partial charge on any atom is -0.484 e. The molecular weight excluding hydrogens is 346 g/mol. The second-order valence-corrected chi connectivity index (χ2v) is 5.91. The molecule has 0 spiro atoms. The van der Waals surface area contributed by atoms with Crippen molar-refractivity contribution in [3.63, 3.8) is 0 Å². The molecule has 138 valence electrons. The van der Waals surface area contributed by atoms with Crippen molar-refractivity contribution in [2.45, 2.75) is 19.4 Å². The first-order valence-corrected chi connectivity index (χ1v) is 8.57. The number of nitriles is 1. The van der Waals surface area contributed by atoms with Gasteiger partial charge >= 0.3 is 5.69 Å². The lowest BCUT2D eigenvalue weighted by molar-refractivity contribution is -0.123. The maximum absolute atomic E-state index is 12.1. The number of fused-ring (bicyclic) bond motifs is 1. The molecule has 0 atom stereocenters. The zero-order chi connectivity index (χ0) is 19.1. The normalized spacial score (nSPS) is 10.5. The molecule has 2 heterocycles. The van der Waals surface area contributed by atoms with E-state index in [4.69, 9.17) is 10.00 Å². The molecule has 0 saturated heterocycles. The fourth-order valence-corrected chi connectivity index (χ4v) is 2.57. The van der Waals surface area contributed by atoms with E-state index in [0.29, 0.717) is 37.3 Å². The maximum atomic E-state index is 12.1. The predicted molar refractivity (Wildman–Crippen MR) is 98.3 cm³/mol. The van der Waals surface area contributed by atoms with Crippen LogP contribution in [0.3, 0.4) is 0 Å². The molecule has 0 aliphatic heterocycles. The summed E-state index contributed by atoms with van der Waals surface area (Å²) in [6, 6.07) is 14.5. The molecule has 0 unspecified atom stereocenters. The van der Waals surface area contributed by atoms with Gasteiger partial charge in [0.25, 0.3) is 5.91 Å². The zero-order valence-electron chi connectivity index (χ0n) is 14.7. The van der Waals surface area contributed by atoms with Gasteiger partial charge in [0, 0.05) is 19.3 Å². The number of pyridine rings is 1. The quantitative estimate of drug-likeness (QED) is 0.604. The molecule has 0 saturated carbocycles. The van der Waals surface area contributed by atoms with Crippen LogP contribution in [-0.2, 0) is 17.8 Å². The van der Waals surface area contributed by atoms with Gasteiger partial charge in [-0.2, -0.15) is 5.26 Å². The minimum atomic E-state index is -0.238. The van der Waals surface area contributed by atoms with Gasteiger partial charge in [-0.05, 0) is 36.2 Å². The number of hydrogen-bond donors (Lipinski definition) is 1. The lowest BCUT2D eigenvalue weighted by atomic mass is 10.2. The summed E-state index contributed by atoms with van der Waals surface area (Å²) in [4.78, 5) is 24.0. The van der Waals surface area contributed by atoms with Gasteiger partial charge in [-0.25, -0.2) is 9.48 Å². The Balaban J connectivity index is 1.40. The molecule has 3 aromatic rings. The molecule has 8 nitrogen and oxygen atoms in total. The number of benzene rings is 1. The first-order chi connectivity index (χ1) is 13.2. The SMILES string of the molecule is N#CCc1ccc(OCC(=O)NCCCn2nc3ccccn3c2=O)cc1. The molecule has 2 aromatic heterocycles.